The summed E-state index contributed by atoms with van der Waals surface area (Å²) in [5, 5.41) is 11.0. The molecule has 9 heteroatoms. The lowest BCUT2D eigenvalue weighted by Gasteiger charge is -2.12. The zero-order valence-corrected chi connectivity index (χ0v) is 10.9. The fraction of sp³-hybridized carbons (Fsp3) is 0.667. The van der Waals surface area contributed by atoms with Gasteiger partial charge in [-0.25, -0.2) is 13.2 Å². The fourth-order valence-corrected chi connectivity index (χ4v) is 2.19. The minimum atomic E-state index is -3.89. The van der Waals surface area contributed by atoms with Crippen molar-refractivity contribution in [1.82, 2.24) is 10.6 Å². The molecule has 0 saturated heterocycles. The number of nitrogens with one attached hydrogen (secondary N) is 2. The van der Waals surface area contributed by atoms with E-state index in [0.29, 0.717) is 6.54 Å². The SMILES string of the molecule is CCNC(=O)NC(=O)C(C)S(=O)(=O)CCC(=O)O. The van der Waals surface area contributed by atoms with Gasteiger partial charge in [-0.15, -0.1) is 0 Å². The van der Waals surface area contributed by atoms with Gasteiger partial charge in [0.25, 0.3) is 0 Å². The van der Waals surface area contributed by atoms with Gasteiger partial charge >= 0.3 is 12.0 Å². The molecule has 1 atom stereocenters. The van der Waals surface area contributed by atoms with E-state index in [9.17, 15) is 22.8 Å². The summed E-state index contributed by atoms with van der Waals surface area (Å²) in [7, 11) is -3.89. The first-order valence-electron chi connectivity index (χ1n) is 5.22. The topological polar surface area (TPSA) is 130 Å². The Morgan fingerprint density at radius 2 is 1.83 bits per heavy atom. The van der Waals surface area contributed by atoms with Gasteiger partial charge in [-0.2, -0.15) is 0 Å². The zero-order chi connectivity index (χ0) is 14.3. The van der Waals surface area contributed by atoms with E-state index < -0.39 is 45.2 Å². The minimum absolute atomic E-state index is 0.291. The monoisotopic (exact) mass is 280 g/mol. The number of carboxylic acids is 1. The normalized spacial score (nSPS) is 12.6. The predicted octanol–water partition coefficient (Wildman–Crippen LogP) is -0.890. The van der Waals surface area contributed by atoms with Crippen LogP contribution >= 0.6 is 0 Å². The Morgan fingerprint density at radius 1 is 1.28 bits per heavy atom. The molecule has 0 saturated carbocycles. The number of imide groups is 1. The van der Waals surface area contributed by atoms with Gasteiger partial charge in [0.1, 0.15) is 5.25 Å². The smallest absolute Gasteiger partial charge is 0.321 e. The van der Waals surface area contributed by atoms with Gasteiger partial charge < -0.3 is 10.4 Å². The van der Waals surface area contributed by atoms with Crippen LogP contribution in [0.4, 0.5) is 4.79 Å². The second kappa shape index (κ2) is 6.94. The molecule has 18 heavy (non-hydrogen) atoms. The number of rotatable bonds is 6. The summed E-state index contributed by atoms with van der Waals surface area (Å²) in [6, 6.07) is -0.789. The molecule has 0 heterocycles. The summed E-state index contributed by atoms with van der Waals surface area (Å²) in [6.45, 7) is 3.03. The molecule has 0 bridgehead atoms. The first-order valence-corrected chi connectivity index (χ1v) is 6.94. The number of carboxylic acid groups (broad SMARTS) is 1. The second-order valence-corrected chi connectivity index (χ2v) is 5.94. The largest absolute Gasteiger partial charge is 0.481 e. The Labute approximate surface area is 105 Å². The van der Waals surface area contributed by atoms with E-state index in [1.807, 2.05) is 5.32 Å². The molecule has 0 aliphatic carbocycles. The van der Waals surface area contributed by atoms with E-state index in [1.165, 1.54) is 0 Å². The van der Waals surface area contributed by atoms with E-state index in [-0.39, 0.29) is 0 Å². The van der Waals surface area contributed by atoms with Crippen molar-refractivity contribution < 1.29 is 27.9 Å². The van der Waals surface area contributed by atoms with Gasteiger partial charge in [0, 0.05) is 6.54 Å². The van der Waals surface area contributed by atoms with Crippen LogP contribution in [0.2, 0.25) is 0 Å². The average Bonchev–Trinajstić information content (AvgIpc) is 2.25. The van der Waals surface area contributed by atoms with Crippen LogP contribution in [-0.2, 0) is 19.4 Å². The summed E-state index contributed by atoms with van der Waals surface area (Å²) in [5.41, 5.74) is 0. The quantitative estimate of drug-likeness (QED) is 0.578. The van der Waals surface area contributed by atoms with Crippen LogP contribution in [0, 0.1) is 0 Å². The Morgan fingerprint density at radius 3 is 2.28 bits per heavy atom. The van der Waals surface area contributed by atoms with Crippen molar-refractivity contribution in [3.05, 3.63) is 0 Å². The highest BCUT2D eigenvalue weighted by Gasteiger charge is 2.29. The number of hydrogen-bond donors (Lipinski definition) is 3. The molecule has 0 aromatic heterocycles. The summed E-state index contributed by atoms with van der Waals surface area (Å²) >= 11 is 0. The molecule has 0 fully saturated rings. The first-order chi connectivity index (χ1) is 8.20. The van der Waals surface area contributed by atoms with Crippen molar-refractivity contribution in [3.8, 4) is 0 Å². The number of hydrogen-bond acceptors (Lipinski definition) is 5. The predicted molar refractivity (Wildman–Crippen MR) is 62.7 cm³/mol. The lowest BCUT2D eigenvalue weighted by atomic mass is 10.4. The maximum Gasteiger partial charge on any atom is 0.321 e. The molecule has 0 radical (unpaired) electrons. The van der Waals surface area contributed by atoms with Gasteiger partial charge in [0.2, 0.25) is 5.91 Å². The van der Waals surface area contributed by atoms with Gasteiger partial charge in [0.15, 0.2) is 9.84 Å². The third-order valence-corrected chi connectivity index (χ3v) is 4.15. The standard InChI is InChI=1S/C9H16N2O6S/c1-3-10-9(15)11-8(14)6(2)18(16,17)5-4-7(12)13/h6H,3-5H2,1-2H3,(H,12,13)(H2,10,11,14,15). The van der Waals surface area contributed by atoms with Gasteiger partial charge in [-0.1, -0.05) is 0 Å². The maximum absolute atomic E-state index is 11.6. The second-order valence-electron chi connectivity index (χ2n) is 3.50. The molecule has 8 nitrogen and oxygen atoms in total. The zero-order valence-electron chi connectivity index (χ0n) is 10.1. The molecule has 0 aliphatic heterocycles. The van der Waals surface area contributed by atoms with Crippen LogP contribution in [0.1, 0.15) is 20.3 Å². The summed E-state index contributed by atoms with van der Waals surface area (Å²) in [4.78, 5) is 32.7. The summed E-state index contributed by atoms with van der Waals surface area (Å²) in [6.07, 6.45) is -0.582. The number of carbonyl (C=O) groups excluding carboxylic acids is 2. The van der Waals surface area contributed by atoms with Crippen molar-refractivity contribution in [2.24, 2.45) is 0 Å². The molecule has 104 valence electrons. The fourth-order valence-electron chi connectivity index (χ4n) is 0.988. The molecule has 0 rings (SSSR count). The third-order valence-electron chi connectivity index (χ3n) is 2.08. The number of aliphatic carboxylic acids is 1. The van der Waals surface area contributed by atoms with Crippen LogP contribution in [-0.4, -0.2) is 49.0 Å². The van der Waals surface area contributed by atoms with Crippen molar-refractivity contribution in [3.63, 3.8) is 0 Å². The van der Waals surface area contributed by atoms with Crippen LogP contribution in [0.15, 0.2) is 0 Å². The Kier molecular flexibility index (Phi) is 6.31. The Hall–Kier alpha value is -1.64. The molecular formula is C9H16N2O6S. The van der Waals surface area contributed by atoms with Crippen molar-refractivity contribution >= 4 is 27.7 Å². The van der Waals surface area contributed by atoms with Crippen LogP contribution < -0.4 is 10.6 Å². The van der Waals surface area contributed by atoms with E-state index in [4.69, 9.17) is 5.11 Å². The average molecular weight is 280 g/mol. The molecule has 0 aromatic carbocycles. The lowest BCUT2D eigenvalue weighted by Crippen LogP contribution is -2.46. The highest BCUT2D eigenvalue weighted by molar-refractivity contribution is 7.92. The van der Waals surface area contributed by atoms with Crippen molar-refractivity contribution in [1.29, 1.82) is 0 Å². The molecular weight excluding hydrogens is 264 g/mol. The molecule has 3 N–H and O–H groups in total. The molecule has 0 aliphatic rings. The number of urea groups is 1. The van der Waals surface area contributed by atoms with E-state index in [1.54, 1.807) is 6.92 Å². The highest BCUT2D eigenvalue weighted by atomic mass is 32.2. The molecule has 0 spiro atoms. The summed E-state index contributed by atoms with van der Waals surface area (Å²) in [5.74, 6) is -2.90. The highest BCUT2D eigenvalue weighted by Crippen LogP contribution is 2.04. The molecule has 3 amide bonds. The van der Waals surface area contributed by atoms with Gasteiger partial charge in [-0.3, -0.25) is 14.9 Å². The lowest BCUT2D eigenvalue weighted by molar-refractivity contribution is -0.136. The molecule has 1 unspecified atom stereocenters. The van der Waals surface area contributed by atoms with Gasteiger partial charge in [-0.05, 0) is 13.8 Å². The van der Waals surface area contributed by atoms with Crippen molar-refractivity contribution in [2.45, 2.75) is 25.5 Å². The maximum atomic E-state index is 11.6. The number of carbonyl (C=O) groups is 3. The first kappa shape index (κ1) is 16.4. The van der Waals surface area contributed by atoms with Crippen LogP contribution in [0.3, 0.4) is 0 Å². The van der Waals surface area contributed by atoms with Crippen molar-refractivity contribution in [2.75, 3.05) is 12.3 Å². The minimum Gasteiger partial charge on any atom is -0.481 e. The number of sulfone groups is 1. The van der Waals surface area contributed by atoms with Crippen LogP contribution in [0.25, 0.3) is 0 Å². The summed E-state index contributed by atoms with van der Waals surface area (Å²) < 4.78 is 23.1. The van der Waals surface area contributed by atoms with Gasteiger partial charge in [0.05, 0.1) is 12.2 Å². The Balaban J connectivity index is 4.53. The van der Waals surface area contributed by atoms with E-state index in [0.717, 1.165) is 6.92 Å². The van der Waals surface area contributed by atoms with E-state index in [2.05, 4.69) is 5.32 Å². The third kappa shape index (κ3) is 5.62. The molecule has 0 aromatic rings. The number of amides is 3. The van der Waals surface area contributed by atoms with Crippen LogP contribution in [0.5, 0.6) is 0 Å². The Bertz CT molecular complexity index is 430. The van der Waals surface area contributed by atoms with E-state index >= 15 is 0 Å².